The van der Waals surface area contributed by atoms with Crippen molar-refractivity contribution in [2.45, 2.75) is 59.2 Å². The highest BCUT2D eigenvalue weighted by Crippen LogP contribution is 2.20. The minimum absolute atomic E-state index is 0.0450. The molecule has 1 N–H and O–H groups in total. The smallest absolute Gasteiger partial charge is 0.241 e. The third-order valence-corrected chi connectivity index (χ3v) is 5.53. The number of hydrogen-bond acceptors (Lipinski definition) is 4. The Labute approximate surface area is 123 Å². The molecular formula is C14H28N2O3S. The quantitative estimate of drug-likeness (QED) is 0.736. The average Bonchev–Trinajstić information content (AvgIpc) is 2.71. The fourth-order valence-corrected chi connectivity index (χ4v) is 3.27. The molecule has 0 saturated carbocycles. The molecule has 1 amide bonds. The van der Waals surface area contributed by atoms with E-state index in [1.54, 1.807) is 11.8 Å². The highest BCUT2D eigenvalue weighted by Gasteiger charge is 2.39. The number of carbonyl (C=O) groups excluding carboxylic acids is 1. The molecule has 2 atom stereocenters. The lowest BCUT2D eigenvalue weighted by molar-refractivity contribution is -0.130. The Hall–Kier alpha value is -0.620. The van der Waals surface area contributed by atoms with Crippen LogP contribution in [0.25, 0.3) is 0 Å². The number of nitrogens with one attached hydrogen (secondary N) is 1. The lowest BCUT2D eigenvalue weighted by Gasteiger charge is -2.27. The van der Waals surface area contributed by atoms with Gasteiger partial charge in [-0.3, -0.25) is 10.1 Å². The van der Waals surface area contributed by atoms with Crippen LogP contribution in [-0.2, 0) is 14.6 Å². The molecule has 1 aliphatic rings. The second-order valence-corrected chi connectivity index (χ2v) is 8.29. The first-order chi connectivity index (χ1) is 9.32. The van der Waals surface area contributed by atoms with Gasteiger partial charge in [0.05, 0.1) is 18.0 Å². The lowest BCUT2D eigenvalue weighted by Crippen LogP contribution is -2.43. The summed E-state index contributed by atoms with van der Waals surface area (Å²) in [5.41, 5.74) is 0. The summed E-state index contributed by atoms with van der Waals surface area (Å²) in [6.07, 6.45) is 2.85. The van der Waals surface area contributed by atoms with E-state index in [1.165, 1.54) is 0 Å². The molecule has 20 heavy (non-hydrogen) atoms. The summed E-state index contributed by atoms with van der Waals surface area (Å²) in [5.74, 6) is 0.521. The minimum Gasteiger partial charge on any atom is -0.325 e. The van der Waals surface area contributed by atoms with Gasteiger partial charge in [0.15, 0.2) is 9.84 Å². The molecule has 0 radical (unpaired) electrons. The number of unbranched alkanes of at least 4 members (excludes halogenated alkanes) is 1. The highest BCUT2D eigenvalue weighted by atomic mass is 32.2. The first kappa shape index (κ1) is 17.4. The number of rotatable bonds is 8. The fraction of sp³-hybridized carbons (Fsp3) is 0.929. The van der Waals surface area contributed by atoms with E-state index in [1.807, 2.05) is 0 Å². The van der Waals surface area contributed by atoms with Gasteiger partial charge in [0.1, 0.15) is 0 Å². The normalized spacial score (nSPS) is 23.9. The molecule has 1 saturated heterocycles. The summed E-state index contributed by atoms with van der Waals surface area (Å²) in [6.45, 7) is 8.14. The summed E-state index contributed by atoms with van der Waals surface area (Å²) in [5, 5.41) is 3.36. The zero-order valence-corrected chi connectivity index (χ0v) is 13.9. The van der Waals surface area contributed by atoms with Gasteiger partial charge in [-0.2, -0.15) is 0 Å². The Bertz CT molecular complexity index is 420. The molecular weight excluding hydrogens is 276 g/mol. The van der Waals surface area contributed by atoms with Gasteiger partial charge in [-0.15, -0.1) is 0 Å². The molecule has 1 aliphatic heterocycles. The lowest BCUT2D eigenvalue weighted by atomic mass is 10.1. The fourth-order valence-electron chi connectivity index (χ4n) is 2.50. The van der Waals surface area contributed by atoms with E-state index in [9.17, 15) is 13.2 Å². The molecule has 0 spiro atoms. The molecule has 1 heterocycles. The molecule has 0 aromatic heterocycles. The number of hydrogen-bond donors (Lipinski definition) is 1. The van der Waals surface area contributed by atoms with E-state index in [0.717, 1.165) is 19.3 Å². The van der Waals surface area contributed by atoms with Crippen LogP contribution >= 0.6 is 0 Å². The topological polar surface area (TPSA) is 66.5 Å². The molecule has 6 heteroatoms. The molecule has 0 aliphatic carbocycles. The van der Waals surface area contributed by atoms with Gasteiger partial charge >= 0.3 is 0 Å². The average molecular weight is 304 g/mol. The maximum atomic E-state index is 12.4. The van der Waals surface area contributed by atoms with Crippen molar-refractivity contribution in [3.05, 3.63) is 0 Å². The summed E-state index contributed by atoms with van der Waals surface area (Å²) in [6, 6.07) is -0.147. The molecule has 0 bridgehead atoms. The van der Waals surface area contributed by atoms with Crippen molar-refractivity contribution in [1.82, 2.24) is 10.2 Å². The van der Waals surface area contributed by atoms with Crippen molar-refractivity contribution >= 4 is 15.7 Å². The van der Waals surface area contributed by atoms with E-state index < -0.39 is 9.84 Å². The third-order valence-electron chi connectivity index (χ3n) is 3.85. The van der Waals surface area contributed by atoms with Crippen LogP contribution in [0.4, 0.5) is 0 Å². The number of carbonyl (C=O) groups is 1. The number of nitrogens with zero attached hydrogens (tertiary/aromatic N) is 1. The zero-order chi connectivity index (χ0) is 15.3. The largest absolute Gasteiger partial charge is 0.325 e. The SMILES string of the molecule is CCCCC1NC(C(C)C)N(CCS(=O)(=O)CC)C1=O. The first-order valence-corrected chi connectivity index (χ1v) is 9.41. The number of amides is 1. The second-order valence-electron chi connectivity index (χ2n) is 5.82. The molecule has 1 fully saturated rings. The van der Waals surface area contributed by atoms with Crippen LogP contribution in [0, 0.1) is 5.92 Å². The van der Waals surface area contributed by atoms with Crippen molar-refractivity contribution < 1.29 is 13.2 Å². The van der Waals surface area contributed by atoms with E-state index in [-0.39, 0.29) is 35.5 Å². The van der Waals surface area contributed by atoms with Crippen molar-refractivity contribution in [2.75, 3.05) is 18.1 Å². The van der Waals surface area contributed by atoms with Crippen molar-refractivity contribution in [3.63, 3.8) is 0 Å². The van der Waals surface area contributed by atoms with Gasteiger partial charge in [0, 0.05) is 12.3 Å². The summed E-state index contributed by atoms with van der Waals surface area (Å²) in [7, 11) is -3.04. The second kappa shape index (κ2) is 7.41. The Morgan fingerprint density at radius 2 is 1.95 bits per heavy atom. The van der Waals surface area contributed by atoms with Crippen molar-refractivity contribution in [3.8, 4) is 0 Å². The van der Waals surface area contributed by atoms with Gasteiger partial charge in [-0.05, 0) is 12.3 Å². The van der Waals surface area contributed by atoms with Crippen LogP contribution in [0.15, 0.2) is 0 Å². The van der Waals surface area contributed by atoms with E-state index in [0.29, 0.717) is 6.54 Å². The van der Waals surface area contributed by atoms with Gasteiger partial charge in [-0.1, -0.05) is 40.5 Å². The zero-order valence-electron chi connectivity index (χ0n) is 13.1. The van der Waals surface area contributed by atoms with E-state index >= 15 is 0 Å². The van der Waals surface area contributed by atoms with Crippen LogP contribution < -0.4 is 5.32 Å². The summed E-state index contributed by atoms with van der Waals surface area (Å²) < 4.78 is 23.3. The monoisotopic (exact) mass is 304 g/mol. The summed E-state index contributed by atoms with van der Waals surface area (Å²) >= 11 is 0. The van der Waals surface area contributed by atoms with Gasteiger partial charge in [-0.25, -0.2) is 8.42 Å². The van der Waals surface area contributed by atoms with Crippen LogP contribution in [0.5, 0.6) is 0 Å². The molecule has 1 rings (SSSR count). The predicted molar refractivity (Wildman–Crippen MR) is 81.1 cm³/mol. The predicted octanol–water partition coefficient (Wildman–Crippen LogP) is 1.39. The molecule has 0 aromatic rings. The molecule has 0 aromatic carbocycles. The van der Waals surface area contributed by atoms with Gasteiger partial charge in [0.2, 0.25) is 5.91 Å². The van der Waals surface area contributed by atoms with Crippen LogP contribution in [0.3, 0.4) is 0 Å². The Morgan fingerprint density at radius 1 is 1.30 bits per heavy atom. The van der Waals surface area contributed by atoms with Crippen molar-refractivity contribution in [2.24, 2.45) is 5.92 Å². The minimum atomic E-state index is -3.04. The molecule has 5 nitrogen and oxygen atoms in total. The van der Waals surface area contributed by atoms with Crippen LogP contribution in [0.1, 0.15) is 47.0 Å². The van der Waals surface area contributed by atoms with Crippen LogP contribution in [-0.4, -0.2) is 49.5 Å². The number of sulfone groups is 1. The maximum Gasteiger partial charge on any atom is 0.241 e. The van der Waals surface area contributed by atoms with Gasteiger partial charge < -0.3 is 4.90 Å². The Morgan fingerprint density at radius 3 is 2.45 bits per heavy atom. The van der Waals surface area contributed by atoms with Crippen LogP contribution in [0.2, 0.25) is 0 Å². The summed E-state index contributed by atoms with van der Waals surface area (Å²) in [4.78, 5) is 14.1. The highest BCUT2D eigenvalue weighted by molar-refractivity contribution is 7.91. The first-order valence-electron chi connectivity index (χ1n) is 7.59. The molecule has 2 unspecified atom stereocenters. The Balaban J connectivity index is 2.72. The molecule has 118 valence electrons. The van der Waals surface area contributed by atoms with Crippen molar-refractivity contribution in [1.29, 1.82) is 0 Å². The third kappa shape index (κ3) is 4.45. The standard InChI is InChI=1S/C14H28N2O3S/c1-5-7-8-12-14(17)16(13(15-12)11(3)4)9-10-20(18,19)6-2/h11-13,15H,5-10H2,1-4H3. The van der Waals surface area contributed by atoms with E-state index in [4.69, 9.17) is 0 Å². The van der Waals surface area contributed by atoms with E-state index in [2.05, 4.69) is 26.1 Å². The van der Waals surface area contributed by atoms with Gasteiger partial charge in [0.25, 0.3) is 0 Å². The maximum absolute atomic E-state index is 12.4. The Kier molecular flexibility index (Phi) is 6.45.